The van der Waals surface area contributed by atoms with Gasteiger partial charge in [0.1, 0.15) is 0 Å². The summed E-state index contributed by atoms with van der Waals surface area (Å²) in [7, 11) is 2.05. The van der Waals surface area contributed by atoms with Gasteiger partial charge in [0, 0.05) is 17.0 Å². The van der Waals surface area contributed by atoms with Gasteiger partial charge in [-0.25, -0.2) is 4.98 Å². The van der Waals surface area contributed by atoms with Crippen LogP contribution in [0.25, 0.3) is 11.3 Å². The predicted molar refractivity (Wildman–Crippen MR) is 105 cm³/mol. The second-order valence-corrected chi connectivity index (χ2v) is 7.95. The second kappa shape index (κ2) is 8.11. The fourth-order valence-corrected chi connectivity index (χ4v) is 4.14. The smallest absolute Gasteiger partial charge is 0.240 e. The van der Waals surface area contributed by atoms with Crippen LogP contribution in [0, 0.1) is 13.8 Å². The first-order chi connectivity index (χ1) is 12.0. The Bertz CT molecular complexity index is 734. The normalized spacial score (nSPS) is 15.5. The van der Waals surface area contributed by atoms with Gasteiger partial charge in [-0.05, 0) is 50.9 Å². The van der Waals surface area contributed by atoms with E-state index in [4.69, 9.17) is 0 Å². The summed E-state index contributed by atoms with van der Waals surface area (Å²) >= 11 is 1.48. The summed E-state index contributed by atoms with van der Waals surface area (Å²) in [6.45, 7) is 4.65. The summed E-state index contributed by atoms with van der Waals surface area (Å²) in [5.74, 6) is 0.0223. The molecule has 1 aromatic heterocycles. The van der Waals surface area contributed by atoms with Crippen LogP contribution in [-0.4, -0.2) is 35.4 Å². The number of thiazole rings is 1. The molecule has 25 heavy (non-hydrogen) atoms. The van der Waals surface area contributed by atoms with Crippen molar-refractivity contribution in [3.63, 3.8) is 0 Å². The molecule has 1 aromatic carbocycles. The fourth-order valence-electron chi connectivity index (χ4n) is 3.40. The molecule has 1 saturated carbocycles. The van der Waals surface area contributed by atoms with Gasteiger partial charge < -0.3 is 5.32 Å². The highest BCUT2D eigenvalue weighted by Gasteiger charge is 2.20. The molecule has 1 N–H and O–H groups in total. The molecule has 0 aliphatic heterocycles. The van der Waals surface area contributed by atoms with E-state index in [9.17, 15) is 4.79 Å². The molecule has 5 heteroatoms. The van der Waals surface area contributed by atoms with E-state index in [2.05, 4.69) is 54.3 Å². The van der Waals surface area contributed by atoms with E-state index in [1.807, 2.05) is 5.38 Å². The molecule has 1 fully saturated rings. The minimum absolute atomic E-state index is 0.0223. The molecule has 0 saturated heterocycles. The molecule has 0 bridgehead atoms. The number of carbonyl (C=O) groups excluding carboxylic acids is 1. The lowest BCUT2D eigenvalue weighted by Crippen LogP contribution is -2.39. The molecule has 4 nitrogen and oxygen atoms in total. The molecular weight excluding hydrogens is 330 g/mol. The summed E-state index contributed by atoms with van der Waals surface area (Å²) in [4.78, 5) is 19.1. The fraction of sp³-hybridized carbons (Fsp3) is 0.500. The predicted octanol–water partition coefficient (Wildman–Crippen LogP) is 4.63. The molecule has 1 amide bonds. The van der Waals surface area contributed by atoms with Gasteiger partial charge in [0.25, 0.3) is 0 Å². The number of aryl methyl sites for hydroxylation is 2. The standard InChI is InChI=1S/C20H27N3OS/c1-14-9-10-16(11-15(14)2)18-13-25-20(21-18)22-19(24)12-23(3)17-7-5-4-6-8-17/h9-11,13,17H,4-8,12H2,1-3H3,(H,21,22,24). The second-order valence-electron chi connectivity index (χ2n) is 7.09. The molecule has 2 aromatic rings. The number of benzene rings is 1. The van der Waals surface area contributed by atoms with Crippen molar-refractivity contribution in [2.75, 3.05) is 18.9 Å². The third-order valence-electron chi connectivity index (χ3n) is 5.14. The lowest BCUT2D eigenvalue weighted by molar-refractivity contribution is -0.117. The number of likely N-dealkylation sites (N-methyl/N-ethyl adjacent to an activating group) is 1. The molecular formula is C20H27N3OS. The zero-order valence-electron chi connectivity index (χ0n) is 15.3. The first-order valence-corrected chi connectivity index (χ1v) is 9.94. The van der Waals surface area contributed by atoms with Crippen molar-refractivity contribution >= 4 is 22.4 Å². The summed E-state index contributed by atoms with van der Waals surface area (Å²) in [5, 5.41) is 5.64. The molecule has 0 radical (unpaired) electrons. The van der Waals surface area contributed by atoms with Crippen molar-refractivity contribution < 1.29 is 4.79 Å². The molecule has 134 valence electrons. The van der Waals surface area contributed by atoms with Gasteiger partial charge in [-0.2, -0.15) is 0 Å². The topological polar surface area (TPSA) is 45.2 Å². The Morgan fingerprint density at radius 1 is 1.24 bits per heavy atom. The third-order valence-corrected chi connectivity index (χ3v) is 5.90. The van der Waals surface area contributed by atoms with Crippen LogP contribution >= 0.6 is 11.3 Å². The van der Waals surface area contributed by atoms with Crippen molar-refractivity contribution in [1.82, 2.24) is 9.88 Å². The zero-order chi connectivity index (χ0) is 17.8. The Morgan fingerprint density at radius 3 is 2.72 bits per heavy atom. The SMILES string of the molecule is Cc1ccc(-c2csc(NC(=O)CN(C)C3CCCCC3)n2)cc1C. The highest BCUT2D eigenvalue weighted by Crippen LogP contribution is 2.26. The van der Waals surface area contributed by atoms with E-state index in [0.717, 1.165) is 11.3 Å². The summed E-state index contributed by atoms with van der Waals surface area (Å²) in [6, 6.07) is 6.88. The van der Waals surface area contributed by atoms with Gasteiger partial charge in [0.05, 0.1) is 12.2 Å². The van der Waals surface area contributed by atoms with Crippen molar-refractivity contribution in [2.24, 2.45) is 0 Å². The minimum atomic E-state index is 0.0223. The van der Waals surface area contributed by atoms with Gasteiger partial charge >= 0.3 is 0 Å². The van der Waals surface area contributed by atoms with Crippen LogP contribution in [0.1, 0.15) is 43.2 Å². The molecule has 1 aliphatic carbocycles. The Labute approximate surface area is 154 Å². The Morgan fingerprint density at radius 2 is 2.00 bits per heavy atom. The van der Waals surface area contributed by atoms with E-state index >= 15 is 0 Å². The van der Waals surface area contributed by atoms with Crippen LogP contribution < -0.4 is 5.32 Å². The highest BCUT2D eigenvalue weighted by molar-refractivity contribution is 7.14. The minimum Gasteiger partial charge on any atom is -0.301 e. The zero-order valence-corrected chi connectivity index (χ0v) is 16.2. The number of aromatic nitrogens is 1. The van der Waals surface area contributed by atoms with E-state index < -0.39 is 0 Å². The first-order valence-electron chi connectivity index (χ1n) is 9.06. The summed E-state index contributed by atoms with van der Waals surface area (Å²) in [5.41, 5.74) is 4.55. The quantitative estimate of drug-likeness (QED) is 0.848. The number of carbonyl (C=O) groups is 1. The van der Waals surface area contributed by atoms with Crippen LogP contribution in [0.15, 0.2) is 23.6 Å². The van der Waals surface area contributed by atoms with Gasteiger partial charge in [-0.1, -0.05) is 31.4 Å². The molecule has 1 heterocycles. The average molecular weight is 358 g/mol. The van der Waals surface area contributed by atoms with Crippen LogP contribution in [0.2, 0.25) is 0 Å². The number of hydrogen-bond acceptors (Lipinski definition) is 4. The van der Waals surface area contributed by atoms with E-state index in [-0.39, 0.29) is 5.91 Å². The maximum absolute atomic E-state index is 12.3. The van der Waals surface area contributed by atoms with Gasteiger partial charge in [-0.3, -0.25) is 9.69 Å². The number of rotatable bonds is 5. The lowest BCUT2D eigenvalue weighted by Gasteiger charge is -2.30. The average Bonchev–Trinajstić information content (AvgIpc) is 3.06. The van der Waals surface area contributed by atoms with Crippen molar-refractivity contribution in [3.8, 4) is 11.3 Å². The van der Waals surface area contributed by atoms with E-state index in [1.54, 1.807) is 0 Å². The monoisotopic (exact) mass is 357 g/mol. The van der Waals surface area contributed by atoms with Crippen LogP contribution in [0.5, 0.6) is 0 Å². The highest BCUT2D eigenvalue weighted by atomic mass is 32.1. The van der Waals surface area contributed by atoms with E-state index in [1.165, 1.54) is 54.6 Å². The van der Waals surface area contributed by atoms with Gasteiger partial charge in [0.15, 0.2) is 5.13 Å². The Hall–Kier alpha value is -1.72. The first kappa shape index (κ1) is 18.1. The van der Waals surface area contributed by atoms with E-state index in [0.29, 0.717) is 17.7 Å². The largest absolute Gasteiger partial charge is 0.301 e. The number of hydrogen-bond donors (Lipinski definition) is 1. The molecule has 3 rings (SSSR count). The van der Waals surface area contributed by atoms with Crippen molar-refractivity contribution in [3.05, 3.63) is 34.7 Å². The summed E-state index contributed by atoms with van der Waals surface area (Å²) in [6.07, 6.45) is 6.30. The van der Waals surface area contributed by atoms with Crippen LogP contribution in [-0.2, 0) is 4.79 Å². The van der Waals surface area contributed by atoms with Crippen LogP contribution in [0.4, 0.5) is 5.13 Å². The van der Waals surface area contributed by atoms with Crippen LogP contribution in [0.3, 0.4) is 0 Å². The number of amides is 1. The molecule has 0 atom stereocenters. The maximum atomic E-state index is 12.3. The Balaban J connectivity index is 1.58. The van der Waals surface area contributed by atoms with Gasteiger partial charge in [0.2, 0.25) is 5.91 Å². The van der Waals surface area contributed by atoms with Gasteiger partial charge in [-0.15, -0.1) is 11.3 Å². The summed E-state index contributed by atoms with van der Waals surface area (Å²) < 4.78 is 0. The molecule has 0 unspecified atom stereocenters. The number of nitrogens with one attached hydrogen (secondary N) is 1. The maximum Gasteiger partial charge on any atom is 0.240 e. The molecule has 0 spiro atoms. The molecule has 1 aliphatic rings. The van der Waals surface area contributed by atoms with Crippen molar-refractivity contribution in [1.29, 1.82) is 0 Å². The number of nitrogens with zero attached hydrogens (tertiary/aromatic N) is 2. The van der Waals surface area contributed by atoms with Crippen molar-refractivity contribution in [2.45, 2.75) is 52.0 Å². The lowest BCUT2D eigenvalue weighted by atomic mass is 9.94. The Kier molecular flexibility index (Phi) is 5.86. The third kappa shape index (κ3) is 4.67. The number of anilines is 1.